The van der Waals surface area contributed by atoms with Crippen molar-refractivity contribution >= 4 is 11.5 Å². The van der Waals surface area contributed by atoms with Crippen molar-refractivity contribution < 1.29 is 0 Å². The Labute approximate surface area is 110 Å². The molecule has 18 heavy (non-hydrogen) atoms. The maximum Gasteiger partial charge on any atom is 0.150 e. The van der Waals surface area contributed by atoms with E-state index in [0.29, 0.717) is 12.0 Å². The molecular weight excluding hydrogens is 224 g/mol. The standard InChI is InChI=1S/C14H26N4/c1-5-11-8-6-7-9-18(11)14-12(15)13(10(2)3)16-17(14)4/h10-11H,5-9,15H2,1-4H3. The Morgan fingerprint density at radius 3 is 2.67 bits per heavy atom. The molecule has 1 atom stereocenters. The van der Waals surface area contributed by atoms with Gasteiger partial charge in [0, 0.05) is 19.6 Å². The number of anilines is 2. The van der Waals surface area contributed by atoms with Crippen molar-refractivity contribution in [3.8, 4) is 0 Å². The fourth-order valence-corrected chi connectivity index (χ4v) is 3.02. The summed E-state index contributed by atoms with van der Waals surface area (Å²) in [5, 5.41) is 4.60. The van der Waals surface area contributed by atoms with E-state index in [1.807, 2.05) is 11.7 Å². The van der Waals surface area contributed by atoms with Gasteiger partial charge < -0.3 is 10.6 Å². The van der Waals surface area contributed by atoms with E-state index < -0.39 is 0 Å². The summed E-state index contributed by atoms with van der Waals surface area (Å²) in [4.78, 5) is 2.47. The fraction of sp³-hybridized carbons (Fsp3) is 0.786. The average molecular weight is 250 g/mol. The Morgan fingerprint density at radius 2 is 2.11 bits per heavy atom. The molecular formula is C14H26N4. The van der Waals surface area contributed by atoms with Gasteiger partial charge in [0.2, 0.25) is 0 Å². The Hall–Kier alpha value is -1.19. The highest BCUT2D eigenvalue weighted by Crippen LogP contribution is 2.34. The Bertz CT molecular complexity index is 408. The first-order chi connectivity index (χ1) is 8.56. The SMILES string of the molecule is CCC1CCCCN1c1c(N)c(C(C)C)nn1C. The van der Waals surface area contributed by atoms with Gasteiger partial charge in [-0.25, -0.2) is 0 Å². The molecule has 0 saturated carbocycles. The molecule has 0 bridgehead atoms. The van der Waals surface area contributed by atoms with Crippen LogP contribution in [-0.4, -0.2) is 22.4 Å². The second kappa shape index (κ2) is 5.21. The van der Waals surface area contributed by atoms with Gasteiger partial charge in [-0.15, -0.1) is 0 Å². The third-order valence-corrected chi connectivity index (χ3v) is 4.00. The van der Waals surface area contributed by atoms with Gasteiger partial charge >= 0.3 is 0 Å². The van der Waals surface area contributed by atoms with Crippen LogP contribution in [0.4, 0.5) is 11.5 Å². The van der Waals surface area contributed by atoms with Crippen LogP contribution >= 0.6 is 0 Å². The van der Waals surface area contributed by atoms with Crippen LogP contribution < -0.4 is 10.6 Å². The summed E-state index contributed by atoms with van der Waals surface area (Å²) in [6.07, 6.45) is 5.06. The molecule has 102 valence electrons. The minimum absolute atomic E-state index is 0.384. The van der Waals surface area contributed by atoms with Crippen LogP contribution in [0.5, 0.6) is 0 Å². The number of rotatable bonds is 3. The molecule has 2 rings (SSSR count). The lowest BCUT2D eigenvalue weighted by Crippen LogP contribution is -2.40. The molecule has 1 aromatic heterocycles. The van der Waals surface area contributed by atoms with Gasteiger partial charge in [-0.3, -0.25) is 4.68 Å². The average Bonchev–Trinajstić information content (AvgIpc) is 2.65. The van der Waals surface area contributed by atoms with Crippen molar-refractivity contribution in [1.82, 2.24) is 9.78 Å². The normalized spacial score (nSPS) is 20.7. The van der Waals surface area contributed by atoms with E-state index >= 15 is 0 Å². The predicted octanol–water partition coefficient (Wildman–Crippen LogP) is 2.89. The monoisotopic (exact) mass is 250 g/mol. The molecule has 4 heteroatoms. The summed E-state index contributed by atoms with van der Waals surface area (Å²) in [6.45, 7) is 7.67. The van der Waals surface area contributed by atoms with E-state index in [4.69, 9.17) is 5.73 Å². The lowest BCUT2D eigenvalue weighted by atomic mass is 9.99. The van der Waals surface area contributed by atoms with Crippen molar-refractivity contribution in [1.29, 1.82) is 0 Å². The smallest absolute Gasteiger partial charge is 0.150 e. The molecule has 0 amide bonds. The molecule has 1 fully saturated rings. The van der Waals surface area contributed by atoms with E-state index in [0.717, 1.165) is 23.7 Å². The molecule has 0 spiro atoms. The first-order valence-corrected chi connectivity index (χ1v) is 7.15. The molecule has 0 aromatic carbocycles. The number of nitrogen functional groups attached to an aromatic ring is 1. The van der Waals surface area contributed by atoms with Crippen LogP contribution in [0.1, 0.15) is 58.1 Å². The largest absolute Gasteiger partial charge is 0.394 e. The number of hydrogen-bond donors (Lipinski definition) is 1. The van der Waals surface area contributed by atoms with Gasteiger partial charge in [0.25, 0.3) is 0 Å². The van der Waals surface area contributed by atoms with Crippen LogP contribution in [0.2, 0.25) is 0 Å². The van der Waals surface area contributed by atoms with Crippen LogP contribution in [0.15, 0.2) is 0 Å². The summed E-state index contributed by atoms with van der Waals surface area (Å²) < 4.78 is 1.97. The third-order valence-electron chi connectivity index (χ3n) is 4.00. The molecule has 2 heterocycles. The third kappa shape index (κ3) is 2.20. The zero-order chi connectivity index (χ0) is 13.3. The Balaban J connectivity index is 2.37. The van der Waals surface area contributed by atoms with E-state index in [2.05, 4.69) is 30.8 Å². The Morgan fingerprint density at radius 1 is 1.39 bits per heavy atom. The number of aryl methyl sites for hydroxylation is 1. The van der Waals surface area contributed by atoms with E-state index in [1.54, 1.807) is 0 Å². The van der Waals surface area contributed by atoms with Crippen LogP contribution in [-0.2, 0) is 7.05 Å². The molecule has 1 aliphatic heterocycles. The summed E-state index contributed by atoms with van der Waals surface area (Å²) in [7, 11) is 2.01. The number of piperidine rings is 1. The van der Waals surface area contributed by atoms with Gasteiger partial charge in [-0.05, 0) is 31.6 Å². The molecule has 0 radical (unpaired) electrons. The second-order valence-electron chi connectivity index (χ2n) is 5.65. The maximum absolute atomic E-state index is 6.33. The molecule has 1 aliphatic rings. The summed E-state index contributed by atoms with van der Waals surface area (Å²) in [5.74, 6) is 1.51. The van der Waals surface area contributed by atoms with E-state index in [-0.39, 0.29) is 0 Å². The van der Waals surface area contributed by atoms with Crippen molar-refractivity contribution in [2.24, 2.45) is 7.05 Å². The first kappa shape index (κ1) is 13.2. The van der Waals surface area contributed by atoms with Crippen LogP contribution in [0.3, 0.4) is 0 Å². The van der Waals surface area contributed by atoms with Gasteiger partial charge in [0.15, 0.2) is 5.82 Å². The van der Waals surface area contributed by atoms with E-state index in [1.165, 1.54) is 25.7 Å². The topological polar surface area (TPSA) is 47.1 Å². The Kier molecular flexibility index (Phi) is 3.83. The second-order valence-corrected chi connectivity index (χ2v) is 5.65. The molecule has 0 aliphatic carbocycles. The molecule has 1 aromatic rings. The highest BCUT2D eigenvalue weighted by molar-refractivity contribution is 5.67. The summed E-state index contributed by atoms with van der Waals surface area (Å²) in [6, 6.07) is 0.622. The van der Waals surface area contributed by atoms with Crippen LogP contribution in [0.25, 0.3) is 0 Å². The highest BCUT2D eigenvalue weighted by Gasteiger charge is 2.27. The molecule has 1 saturated heterocycles. The van der Waals surface area contributed by atoms with Gasteiger partial charge in [0.1, 0.15) is 0 Å². The molecule has 2 N–H and O–H groups in total. The van der Waals surface area contributed by atoms with Crippen molar-refractivity contribution in [3.05, 3.63) is 5.69 Å². The zero-order valence-corrected chi connectivity index (χ0v) is 12.1. The minimum atomic E-state index is 0.384. The van der Waals surface area contributed by atoms with Gasteiger partial charge in [0.05, 0.1) is 11.4 Å². The fourth-order valence-electron chi connectivity index (χ4n) is 3.02. The summed E-state index contributed by atoms with van der Waals surface area (Å²) >= 11 is 0. The van der Waals surface area contributed by atoms with Gasteiger partial charge in [-0.2, -0.15) is 5.10 Å². The maximum atomic E-state index is 6.33. The highest BCUT2D eigenvalue weighted by atomic mass is 15.4. The van der Waals surface area contributed by atoms with Gasteiger partial charge in [-0.1, -0.05) is 20.8 Å². The number of nitrogens with two attached hydrogens (primary N) is 1. The van der Waals surface area contributed by atoms with Crippen molar-refractivity contribution in [2.75, 3.05) is 17.2 Å². The van der Waals surface area contributed by atoms with Crippen LogP contribution in [0, 0.1) is 0 Å². The van der Waals surface area contributed by atoms with Crippen molar-refractivity contribution in [3.63, 3.8) is 0 Å². The lowest BCUT2D eigenvalue weighted by Gasteiger charge is -2.37. The van der Waals surface area contributed by atoms with Crippen molar-refractivity contribution in [2.45, 2.75) is 58.4 Å². The predicted molar refractivity (Wildman–Crippen MR) is 77.0 cm³/mol. The quantitative estimate of drug-likeness (QED) is 0.897. The van der Waals surface area contributed by atoms with E-state index in [9.17, 15) is 0 Å². The molecule has 4 nitrogen and oxygen atoms in total. The lowest BCUT2D eigenvalue weighted by molar-refractivity contribution is 0.441. The zero-order valence-electron chi connectivity index (χ0n) is 12.1. The number of nitrogens with zero attached hydrogens (tertiary/aromatic N) is 3. The number of aromatic nitrogens is 2. The first-order valence-electron chi connectivity index (χ1n) is 7.15. The summed E-state index contributed by atoms with van der Waals surface area (Å²) in [5.41, 5.74) is 8.25. The number of hydrogen-bond acceptors (Lipinski definition) is 3. The minimum Gasteiger partial charge on any atom is -0.394 e. The molecule has 1 unspecified atom stereocenters.